The van der Waals surface area contributed by atoms with Crippen LogP contribution in [0, 0.1) is 17.2 Å². The third-order valence-corrected chi connectivity index (χ3v) is 1.59. The van der Waals surface area contributed by atoms with Gasteiger partial charge in [0.1, 0.15) is 0 Å². The molecule has 1 aliphatic carbocycles. The molecule has 0 aromatic rings. The second kappa shape index (κ2) is 2.52. The Morgan fingerprint density at radius 2 is 2.25 bits per heavy atom. The van der Waals surface area contributed by atoms with Crippen molar-refractivity contribution < 1.29 is 0 Å². The Morgan fingerprint density at radius 1 is 1.50 bits per heavy atom. The molecule has 1 saturated carbocycles. The molecule has 1 rings (SSSR count). The van der Waals surface area contributed by atoms with Crippen LogP contribution in [0.5, 0.6) is 0 Å². The zero-order chi connectivity index (χ0) is 5.82. The van der Waals surface area contributed by atoms with Gasteiger partial charge < -0.3 is 0 Å². The van der Waals surface area contributed by atoms with Gasteiger partial charge in [-0.3, -0.25) is 0 Å². The van der Waals surface area contributed by atoms with Crippen molar-refractivity contribution in [1.82, 2.24) is 0 Å². The lowest BCUT2D eigenvalue weighted by Crippen LogP contribution is -2.06. The summed E-state index contributed by atoms with van der Waals surface area (Å²) < 4.78 is 0. The highest BCUT2D eigenvalue weighted by Gasteiger charge is 2.12. The van der Waals surface area contributed by atoms with Crippen molar-refractivity contribution in [3.05, 3.63) is 12.2 Å². The third-order valence-electron chi connectivity index (χ3n) is 1.59. The summed E-state index contributed by atoms with van der Waals surface area (Å²) in [5.41, 5.74) is 0. The minimum absolute atomic E-state index is 0.731. The van der Waals surface area contributed by atoms with E-state index in [1.165, 1.54) is 19.3 Å². The topological polar surface area (TPSA) is 23.8 Å². The van der Waals surface area contributed by atoms with E-state index in [9.17, 15) is 0 Å². The number of hydrogen-bond acceptors (Lipinski definition) is 1. The van der Waals surface area contributed by atoms with E-state index in [0.717, 1.165) is 5.92 Å². The van der Waals surface area contributed by atoms with Gasteiger partial charge in [-0.1, -0.05) is 12.5 Å². The second-order valence-corrected chi connectivity index (χ2v) is 2.18. The molecular formula is C7H9N. The van der Waals surface area contributed by atoms with Crippen LogP contribution in [0.15, 0.2) is 12.2 Å². The van der Waals surface area contributed by atoms with Gasteiger partial charge >= 0.3 is 0 Å². The van der Waals surface area contributed by atoms with Crippen molar-refractivity contribution in [2.75, 3.05) is 0 Å². The Hall–Kier alpha value is -0.770. The Balaban J connectivity index is 2.20. The van der Waals surface area contributed by atoms with Gasteiger partial charge in [-0.2, -0.15) is 5.26 Å². The van der Waals surface area contributed by atoms with Crippen LogP contribution >= 0.6 is 0 Å². The Labute approximate surface area is 49.6 Å². The first-order chi connectivity index (χ1) is 3.93. The lowest BCUT2D eigenvalue weighted by atomic mass is 9.85. The summed E-state index contributed by atoms with van der Waals surface area (Å²) in [5, 5.41) is 8.10. The first-order valence-corrected chi connectivity index (χ1v) is 3.00. The van der Waals surface area contributed by atoms with E-state index in [0.29, 0.717) is 0 Å². The van der Waals surface area contributed by atoms with Gasteiger partial charge in [-0.15, -0.1) is 0 Å². The maximum absolute atomic E-state index is 8.10. The van der Waals surface area contributed by atoms with E-state index >= 15 is 0 Å². The van der Waals surface area contributed by atoms with Crippen LogP contribution in [-0.4, -0.2) is 0 Å². The van der Waals surface area contributed by atoms with Gasteiger partial charge in [0.15, 0.2) is 0 Å². The minimum Gasteiger partial charge on any atom is -0.193 e. The molecule has 0 aliphatic heterocycles. The predicted molar refractivity (Wildman–Crippen MR) is 32.1 cm³/mol. The molecule has 1 nitrogen and oxygen atoms in total. The smallest absolute Gasteiger partial charge is 0.0908 e. The first kappa shape index (κ1) is 5.37. The average Bonchev–Trinajstić information content (AvgIpc) is 1.63. The largest absolute Gasteiger partial charge is 0.193 e. The summed E-state index contributed by atoms with van der Waals surface area (Å²) in [5.74, 6) is 0.731. The summed E-state index contributed by atoms with van der Waals surface area (Å²) in [6, 6.07) is 1.99. The summed E-state index contributed by atoms with van der Waals surface area (Å²) in [6.07, 6.45) is 7.52. The molecule has 0 saturated heterocycles. The van der Waals surface area contributed by atoms with Gasteiger partial charge in [-0.05, 0) is 18.8 Å². The molecule has 1 aliphatic rings. The molecule has 0 heterocycles. The zero-order valence-corrected chi connectivity index (χ0v) is 4.80. The number of hydrogen-bond donors (Lipinski definition) is 0. The first-order valence-electron chi connectivity index (χ1n) is 3.00. The predicted octanol–water partition coefficient (Wildman–Crippen LogP) is 1.87. The van der Waals surface area contributed by atoms with Crippen LogP contribution in [0.2, 0.25) is 0 Å². The van der Waals surface area contributed by atoms with Crippen LogP contribution in [0.1, 0.15) is 19.3 Å². The van der Waals surface area contributed by atoms with Crippen LogP contribution in [0.3, 0.4) is 0 Å². The number of allylic oxidation sites excluding steroid dienone is 2. The standard InChI is InChI=1S/C7H9N/c8-6-2-5-7-3-1-4-7/h2,5,7H,1,3-4H2. The molecule has 42 valence electrons. The average molecular weight is 107 g/mol. The molecule has 0 radical (unpaired) electrons. The molecule has 1 heteroatoms. The van der Waals surface area contributed by atoms with Gasteiger partial charge in [0.25, 0.3) is 0 Å². The fourth-order valence-corrected chi connectivity index (χ4v) is 0.811. The van der Waals surface area contributed by atoms with Gasteiger partial charge in [0, 0.05) is 6.08 Å². The highest BCUT2D eigenvalue weighted by molar-refractivity contribution is 5.05. The summed E-state index contributed by atoms with van der Waals surface area (Å²) >= 11 is 0. The Bertz CT molecular complexity index is 126. The summed E-state index contributed by atoms with van der Waals surface area (Å²) in [4.78, 5) is 0. The maximum atomic E-state index is 8.10. The molecule has 0 aromatic carbocycles. The molecule has 0 N–H and O–H groups in total. The van der Waals surface area contributed by atoms with Crippen LogP contribution < -0.4 is 0 Å². The fourth-order valence-electron chi connectivity index (χ4n) is 0.811. The molecule has 0 aromatic heterocycles. The normalized spacial score (nSPS) is 20.4. The van der Waals surface area contributed by atoms with Gasteiger partial charge in [0.2, 0.25) is 0 Å². The highest BCUT2D eigenvalue weighted by atomic mass is 14.2. The molecule has 1 fully saturated rings. The molecule has 0 bridgehead atoms. The highest BCUT2D eigenvalue weighted by Crippen LogP contribution is 2.26. The lowest BCUT2D eigenvalue weighted by molar-refractivity contribution is 0.388. The number of nitrogens with zero attached hydrogens (tertiary/aromatic N) is 1. The molecular weight excluding hydrogens is 98.1 g/mol. The zero-order valence-electron chi connectivity index (χ0n) is 4.80. The third kappa shape index (κ3) is 1.10. The van der Waals surface area contributed by atoms with E-state index < -0.39 is 0 Å². The lowest BCUT2D eigenvalue weighted by Gasteiger charge is -2.20. The van der Waals surface area contributed by atoms with E-state index in [1.54, 1.807) is 6.08 Å². The number of rotatable bonds is 1. The summed E-state index contributed by atoms with van der Waals surface area (Å²) in [7, 11) is 0. The molecule has 0 spiro atoms. The molecule has 0 unspecified atom stereocenters. The quantitative estimate of drug-likeness (QED) is 0.469. The maximum Gasteiger partial charge on any atom is 0.0908 e. The second-order valence-electron chi connectivity index (χ2n) is 2.18. The molecule has 0 amide bonds. The van der Waals surface area contributed by atoms with Crippen LogP contribution in [-0.2, 0) is 0 Å². The van der Waals surface area contributed by atoms with Crippen molar-refractivity contribution in [2.45, 2.75) is 19.3 Å². The fraction of sp³-hybridized carbons (Fsp3) is 0.571. The van der Waals surface area contributed by atoms with E-state index in [-0.39, 0.29) is 0 Å². The minimum atomic E-state index is 0.731. The Morgan fingerprint density at radius 3 is 2.62 bits per heavy atom. The molecule has 0 atom stereocenters. The van der Waals surface area contributed by atoms with Gasteiger partial charge in [-0.25, -0.2) is 0 Å². The number of nitriles is 1. The van der Waals surface area contributed by atoms with Crippen molar-refractivity contribution in [2.24, 2.45) is 5.92 Å². The SMILES string of the molecule is N#CC=CC1CCC1. The summed E-state index contributed by atoms with van der Waals surface area (Å²) in [6.45, 7) is 0. The van der Waals surface area contributed by atoms with Crippen LogP contribution in [0.4, 0.5) is 0 Å². The van der Waals surface area contributed by atoms with Crippen molar-refractivity contribution >= 4 is 0 Å². The van der Waals surface area contributed by atoms with Crippen molar-refractivity contribution in [3.63, 3.8) is 0 Å². The van der Waals surface area contributed by atoms with Crippen molar-refractivity contribution in [1.29, 1.82) is 5.26 Å². The van der Waals surface area contributed by atoms with Crippen molar-refractivity contribution in [3.8, 4) is 6.07 Å². The van der Waals surface area contributed by atoms with Crippen LogP contribution in [0.25, 0.3) is 0 Å². The van der Waals surface area contributed by atoms with Gasteiger partial charge in [0.05, 0.1) is 6.07 Å². The monoisotopic (exact) mass is 107 g/mol. The Kier molecular flexibility index (Phi) is 1.69. The van der Waals surface area contributed by atoms with E-state index in [2.05, 4.69) is 0 Å². The molecule has 8 heavy (non-hydrogen) atoms. The van der Waals surface area contributed by atoms with E-state index in [1.807, 2.05) is 12.1 Å². The van der Waals surface area contributed by atoms with E-state index in [4.69, 9.17) is 5.26 Å².